The molecule has 4 nitrogen and oxygen atoms in total. The van der Waals surface area contributed by atoms with Crippen molar-refractivity contribution in [3.05, 3.63) is 332 Å². The number of anilines is 6. The Balaban J connectivity index is 0.953. The molecule has 0 unspecified atom stereocenters. The summed E-state index contributed by atoms with van der Waals surface area (Å²) < 4.78 is 10.3. The molecule has 15 aromatic carbocycles. The maximum Gasteiger partial charge on any atom is 0.252 e. The van der Waals surface area contributed by atoms with Crippen molar-refractivity contribution in [1.82, 2.24) is 9.13 Å². The summed E-state index contributed by atoms with van der Waals surface area (Å²) in [4.78, 5) is 5.52. The zero-order valence-corrected chi connectivity index (χ0v) is 64.3. The molecule has 522 valence electrons. The van der Waals surface area contributed by atoms with Gasteiger partial charge in [0.2, 0.25) is 0 Å². The highest BCUT2D eigenvalue weighted by Gasteiger charge is 2.47. The number of hydrogen-bond acceptors (Lipinski definition) is 4. The maximum absolute atomic E-state index is 2.77. The van der Waals surface area contributed by atoms with Crippen LogP contribution in [0.4, 0.5) is 34.1 Å². The molecular formula is C102H79BN4S2. The first-order valence-electron chi connectivity index (χ1n) is 38.3. The lowest BCUT2D eigenvalue weighted by atomic mass is 9.33. The van der Waals surface area contributed by atoms with Crippen molar-refractivity contribution in [2.45, 2.75) is 78.6 Å². The standard InChI is InChI=1S/C102H79BN4S2/c1-100(2,3)67-54-66(55-68(59-67)101(4,5)6)64-48-51-80-89(58-64)107(98-70(65-50-53-94-79(56-65)75-34-17-23-45-92(75)108-94)36-25-43-87(98)104-82-39-19-13-30-71(82)72-31-14-20-40-83(72)104)91-61-69(102(7,8)9)60-90-97(91)103(80)81-57-63(62-28-11-10-12-29-62)49-52-86(81)106(90)99-77(76-37-27-47-95-96(76)78-35-18-24-46-93(78)109-95)38-26-44-88(99)105-84-41-21-15-32-73(84)74-33-16-22-42-85(74)105/h10-61H,1-9H3. The number of aromatic nitrogens is 2. The van der Waals surface area contributed by atoms with Gasteiger partial charge in [0.1, 0.15) is 0 Å². The summed E-state index contributed by atoms with van der Waals surface area (Å²) in [5.74, 6) is 0. The Hall–Kier alpha value is -12.0. The van der Waals surface area contributed by atoms with Gasteiger partial charge in [-0.1, -0.05) is 287 Å². The predicted molar refractivity (Wildman–Crippen MR) is 473 cm³/mol. The zero-order valence-electron chi connectivity index (χ0n) is 62.7. The van der Waals surface area contributed by atoms with Gasteiger partial charge in [0.25, 0.3) is 6.71 Å². The molecule has 0 saturated carbocycles. The van der Waals surface area contributed by atoms with Gasteiger partial charge in [-0.2, -0.15) is 0 Å². The van der Waals surface area contributed by atoms with Crippen LogP contribution in [-0.2, 0) is 16.2 Å². The van der Waals surface area contributed by atoms with Crippen molar-refractivity contribution >= 4 is 164 Å². The van der Waals surface area contributed by atoms with E-state index in [1.54, 1.807) is 0 Å². The monoisotopic (exact) mass is 1430 g/mol. The Morgan fingerprint density at radius 2 is 0.688 bits per heavy atom. The second-order valence-corrected chi connectivity index (χ2v) is 35.3. The van der Waals surface area contributed by atoms with E-state index in [0.29, 0.717) is 0 Å². The fourth-order valence-corrected chi connectivity index (χ4v) is 20.4. The second-order valence-electron chi connectivity index (χ2n) is 33.2. The highest BCUT2D eigenvalue weighted by atomic mass is 32.1. The van der Waals surface area contributed by atoms with Gasteiger partial charge >= 0.3 is 0 Å². The van der Waals surface area contributed by atoms with E-state index in [9.17, 15) is 0 Å². The van der Waals surface area contributed by atoms with Crippen molar-refractivity contribution in [1.29, 1.82) is 0 Å². The Kier molecular flexibility index (Phi) is 14.5. The molecule has 0 radical (unpaired) electrons. The molecule has 0 N–H and O–H groups in total. The predicted octanol–water partition coefficient (Wildman–Crippen LogP) is 27.3. The van der Waals surface area contributed by atoms with Crippen molar-refractivity contribution < 1.29 is 0 Å². The van der Waals surface area contributed by atoms with Gasteiger partial charge in [0.15, 0.2) is 0 Å². The number of thiophene rings is 2. The van der Waals surface area contributed by atoms with E-state index in [1.165, 1.54) is 123 Å². The Morgan fingerprint density at radius 1 is 0.248 bits per heavy atom. The lowest BCUT2D eigenvalue weighted by Crippen LogP contribution is -2.61. The third-order valence-corrected chi connectivity index (χ3v) is 25.8. The van der Waals surface area contributed by atoms with E-state index >= 15 is 0 Å². The number of fused-ring (bicyclic) bond motifs is 16. The molecule has 0 amide bonds. The van der Waals surface area contributed by atoms with Crippen LogP contribution in [0.25, 0.3) is 140 Å². The lowest BCUT2D eigenvalue weighted by molar-refractivity contribution is 0.569. The zero-order chi connectivity index (χ0) is 73.5. The first-order valence-corrected chi connectivity index (χ1v) is 40.0. The molecule has 0 fully saturated rings. The molecule has 0 spiro atoms. The van der Waals surface area contributed by atoms with Gasteiger partial charge in [-0.25, -0.2) is 0 Å². The molecule has 19 aromatic rings. The number of para-hydroxylation sites is 6. The molecule has 0 aliphatic carbocycles. The molecule has 21 rings (SSSR count). The van der Waals surface area contributed by atoms with Crippen LogP contribution in [0.5, 0.6) is 0 Å². The molecule has 109 heavy (non-hydrogen) atoms. The SMILES string of the molecule is CC(C)(C)c1cc(-c2ccc3c(c2)N(c2c(-c4ccc5sc6ccccc6c5c4)cccc2-n2c4ccccc4c4ccccc42)c2cc(C(C)(C)C)cc4c2B3c2cc(-c3ccccc3)ccc2N4c2c(-c3cccc4sc5ccccc5c34)cccc2-n2c3ccccc3c3ccccc32)cc(C(C)(C)C)c1. The van der Waals surface area contributed by atoms with E-state index in [2.05, 4.69) is 397 Å². The molecule has 2 aliphatic rings. The van der Waals surface area contributed by atoms with Crippen LogP contribution >= 0.6 is 22.7 Å². The van der Waals surface area contributed by atoms with Gasteiger partial charge < -0.3 is 18.9 Å². The maximum atomic E-state index is 2.77. The first kappa shape index (κ1) is 65.3. The largest absolute Gasteiger partial charge is 0.309 e. The van der Waals surface area contributed by atoms with E-state index in [4.69, 9.17) is 0 Å². The summed E-state index contributed by atoms with van der Waals surface area (Å²) in [6.45, 7) is 21.2. The number of benzene rings is 15. The number of nitrogens with zero attached hydrogens (tertiary/aromatic N) is 4. The van der Waals surface area contributed by atoms with Gasteiger partial charge in [0.05, 0.1) is 44.8 Å². The van der Waals surface area contributed by atoms with E-state index in [0.717, 1.165) is 84.3 Å². The fourth-order valence-electron chi connectivity index (χ4n) is 18.2. The third-order valence-electron chi connectivity index (χ3n) is 23.5. The normalized spacial score (nSPS) is 13.1. The summed E-state index contributed by atoms with van der Waals surface area (Å²) in [5.41, 5.74) is 30.0. The number of hydrogen-bond donors (Lipinski definition) is 0. The number of rotatable bonds is 8. The average Bonchev–Trinajstić information content (AvgIpc) is 0.947. The van der Waals surface area contributed by atoms with Gasteiger partial charge in [-0.3, -0.25) is 0 Å². The summed E-state index contributed by atoms with van der Waals surface area (Å²) in [6.07, 6.45) is 0. The van der Waals surface area contributed by atoms with E-state index < -0.39 is 0 Å². The molecule has 7 heteroatoms. The van der Waals surface area contributed by atoms with Gasteiger partial charge in [0, 0.05) is 95.8 Å². The van der Waals surface area contributed by atoms with Crippen LogP contribution in [0.1, 0.15) is 79.0 Å². The highest BCUT2D eigenvalue weighted by molar-refractivity contribution is 7.26. The average molecular weight is 1440 g/mol. The Labute approximate surface area is 644 Å². The molecule has 4 aromatic heterocycles. The minimum absolute atomic E-state index is 0.113. The summed E-state index contributed by atoms with van der Waals surface area (Å²) in [5, 5.41) is 9.94. The van der Waals surface area contributed by atoms with Crippen LogP contribution in [0.2, 0.25) is 0 Å². The fraction of sp³-hybridized carbons (Fsp3) is 0.118. The van der Waals surface area contributed by atoms with Crippen molar-refractivity contribution in [3.63, 3.8) is 0 Å². The van der Waals surface area contributed by atoms with Crippen LogP contribution in [0.3, 0.4) is 0 Å². The van der Waals surface area contributed by atoms with Gasteiger partial charge in [-0.15, -0.1) is 22.7 Å². The van der Waals surface area contributed by atoms with Crippen molar-refractivity contribution in [3.8, 4) is 55.9 Å². The second kappa shape index (κ2) is 24.3. The minimum Gasteiger partial charge on any atom is -0.309 e. The molecule has 6 heterocycles. The summed E-state index contributed by atoms with van der Waals surface area (Å²) >= 11 is 3.76. The van der Waals surface area contributed by atoms with Crippen LogP contribution < -0.4 is 26.2 Å². The topological polar surface area (TPSA) is 16.3 Å². The van der Waals surface area contributed by atoms with Crippen molar-refractivity contribution in [2.75, 3.05) is 9.80 Å². The van der Waals surface area contributed by atoms with E-state index in [-0.39, 0.29) is 23.0 Å². The summed E-state index contributed by atoms with van der Waals surface area (Å²) in [6, 6.07) is 121. The molecular weight excluding hydrogens is 1360 g/mol. The van der Waals surface area contributed by atoms with Crippen LogP contribution in [0, 0.1) is 0 Å². The van der Waals surface area contributed by atoms with Crippen LogP contribution in [0.15, 0.2) is 315 Å². The van der Waals surface area contributed by atoms with E-state index in [1.807, 2.05) is 22.7 Å². The Morgan fingerprint density at radius 3 is 1.28 bits per heavy atom. The molecule has 2 aliphatic heterocycles. The molecule has 0 bridgehead atoms. The molecule has 0 atom stereocenters. The van der Waals surface area contributed by atoms with Gasteiger partial charge in [-0.05, 0) is 174 Å². The van der Waals surface area contributed by atoms with Crippen LogP contribution in [-0.4, -0.2) is 15.8 Å². The first-order chi connectivity index (χ1) is 53.0. The Bertz CT molecular complexity index is 6880. The molecule has 0 saturated heterocycles. The third kappa shape index (κ3) is 10.2. The highest BCUT2D eigenvalue weighted by Crippen LogP contribution is 2.56. The smallest absolute Gasteiger partial charge is 0.252 e. The quantitative estimate of drug-likeness (QED) is 0.141. The summed E-state index contributed by atoms with van der Waals surface area (Å²) in [7, 11) is 0. The lowest BCUT2D eigenvalue weighted by Gasteiger charge is -2.46. The van der Waals surface area contributed by atoms with Crippen molar-refractivity contribution in [2.24, 2.45) is 0 Å². The minimum atomic E-state index is -0.356.